The largest absolute Gasteiger partial charge is 0.508 e. The molecular formula is C22H34N2O5. The van der Waals surface area contributed by atoms with E-state index in [0.29, 0.717) is 38.0 Å². The molecule has 0 aliphatic carbocycles. The minimum atomic E-state index is -0.579. The van der Waals surface area contributed by atoms with Crippen molar-refractivity contribution >= 4 is 17.5 Å². The van der Waals surface area contributed by atoms with Gasteiger partial charge in [-0.1, -0.05) is 12.1 Å². The number of Topliss-reactive ketones (excluding diaryl/α,β-unsaturated/α-hetero) is 2. The number of hydrogen-bond acceptors (Lipinski definition) is 7. The van der Waals surface area contributed by atoms with Crippen molar-refractivity contribution in [3.63, 3.8) is 0 Å². The molecular weight excluding hydrogens is 372 g/mol. The second-order valence-electron chi connectivity index (χ2n) is 8.34. The van der Waals surface area contributed by atoms with E-state index in [2.05, 4.69) is 5.32 Å². The van der Waals surface area contributed by atoms with Crippen LogP contribution in [0.3, 0.4) is 0 Å². The number of esters is 1. The van der Waals surface area contributed by atoms with Crippen LogP contribution < -0.4 is 5.32 Å². The Labute approximate surface area is 173 Å². The summed E-state index contributed by atoms with van der Waals surface area (Å²) < 4.78 is 5.41. The summed E-state index contributed by atoms with van der Waals surface area (Å²) in [5, 5.41) is 13.3. The molecule has 0 aliphatic rings. The van der Waals surface area contributed by atoms with Crippen molar-refractivity contribution in [3.8, 4) is 5.75 Å². The number of ether oxygens (including phenoxy) is 1. The van der Waals surface area contributed by atoms with Crippen LogP contribution in [0.1, 0.15) is 52.2 Å². The third-order valence-electron chi connectivity index (χ3n) is 4.06. The predicted octanol–water partition coefficient (Wildman–Crippen LogP) is 2.24. The van der Waals surface area contributed by atoms with Crippen LogP contribution in [0.2, 0.25) is 0 Å². The van der Waals surface area contributed by atoms with Crippen LogP contribution in [0.5, 0.6) is 5.75 Å². The molecule has 29 heavy (non-hydrogen) atoms. The normalized spacial score (nSPS) is 11.5. The number of ketones is 2. The highest BCUT2D eigenvalue weighted by molar-refractivity contribution is 5.77. The van der Waals surface area contributed by atoms with Crippen LogP contribution in [0.25, 0.3) is 0 Å². The Balaban J connectivity index is 2.85. The third kappa shape index (κ3) is 11.4. The van der Waals surface area contributed by atoms with Gasteiger partial charge in [0.1, 0.15) is 22.9 Å². The maximum absolute atomic E-state index is 12.3. The first-order chi connectivity index (χ1) is 13.5. The van der Waals surface area contributed by atoms with Gasteiger partial charge in [-0.05, 0) is 52.7 Å². The van der Waals surface area contributed by atoms with Crippen molar-refractivity contribution in [2.24, 2.45) is 0 Å². The molecule has 1 aromatic carbocycles. The zero-order chi connectivity index (χ0) is 22.0. The number of rotatable bonds is 12. The lowest BCUT2D eigenvalue weighted by atomic mass is 10.0. The quantitative estimate of drug-likeness (QED) is 0.406. The van der Waals surface area contributed by atoms with E-state index >= 15 is 0 Å². The van der Waals surface area contributed by atoms with Crippen molar-refractivity contribution in [2.45, 2.75) is 59.6 Å². The molecule has 0 saturated heterocycles. The predicted molar refractivity (Wildman–Crippen MR) is 112 cm³/mol. The van der Waals surface area contributed by atoms with Gasteiger partial charge < -0.3 is 20.0 Å². The van der Waals surface area contributed by atoms with Crippen LogP contribution in [0.15, 0.2) is 18.2 Å². The van der Waals surface area contributed by atoms with Gasteiger partial charge in [-0.15, -0.1) is 0 Å². The second kappa shape index (κ2) is 11.7. The van der Waals surface area contributed by atoms with Gasteiger partial charge in [0, 0.05) is 31.6 Å². The highest BCUT2D eigenvalue weighted by Crippen LogP contribution is 2.21. The molecule has 0 saturated carbocycles. The number of nitrogens with zero attached hydrogens (tertiary/aromatic N) is 1. The first-order valence-corrected chi connectivity index (χ1v) is 9.91. The number of hydrogen-bond donors (Lipinski definition) is 2. The van der Waals surface area contributed by atoms with Crippen LogP contribution in [0, 0.1) is 0 Å². The Kier molecular flexibility index (Phi) is 9.98. The molecule has 0 heterocycles. The standard InChI is InChI=1S/C22H34N2O5/c1-16(25)6-7-18-8-9-20(27)19(12-18)14-24(11-10-23-13-17(2)26)15-21(28)29-22(3,4)5/h8-9,12,23,27H,6-7,10-11,13-15H2,1-5H3. The molecule has 0 spiro atoms. The van der Waals surface area contributed by atoms with Gasteiger partial charge >= 0.3 is 5.97 Å². The smallest absolute Gasteiger partial charge is 0.320 e. The van der Waals surface area contributed by atoms with Crippen LogP contribution >= 0.6 is 0 Å². The summed E-state index contributed by atoms with van der Waals surface area (Å²) in [5.74, 6) is -0.0546. The molecule has 0 aromatic heterocycles. The maximum Gasteiger partial charge on any atom is 0.320 e. The summed E-state index contributed by atoms with van der Waals surface area (Å²) in [6.45, 7) is 10.2. The zero-order valence-corrected chi connectivity index (χ0v) is 18.2. The van der Waals surface area contributed by atoms with Gasteiger partial charge in [-0.25, -0.2) is 0 Å². The molecule has 0 fully saturated rings. The first-order valence-electron chi connectivity index (χ1n) is 9.91. The van der Waals surface area contributed by atoms with Crippen molar-refractivity contribution in [1.82, 2.24) is 10.2 Å². The lowest BCUT2D eigenvalue weighted by Crippen LogP contribution is -2.39. The van der Waals surface area contributed by atoms with Crippen molar-refractivity contribution in [2.75, 3.05) is 26.2 Å². The summed E-state index contributed by atoms with van der Waals surface area (Å²) >= 11 is 0. The van der Waals surface area contributed by atoms with Gasteiger partial charge in [0.2, 0.25) is 0 Å². The summed E-state index contributed by atoms with van der Waals surface area (Å²) in [4.78, 5) is 36.5. The van der Waals surface area contributed by atoms with Crippen molar-refractivity contribution in [1.29, 1.82) is 0 Å². The van der Waals surface area contributed by atoms with E-state index in [-0.39, 0.29) is 36.4 Å². The Morgan fingerprint density at radius 1 is 1.14 bits per heavy atom. The van der Waals surface area contributed by atoms with Crippen LogP contribution in [0.4, 0.5) is 0 Å². The monoisotopic (exact) mass is 406 g/mol. The van der Waals surface area contributed by atoms with E-state index in [0.717, 1.165) is 5.56 Å². The number of benzene rings is 1. The highest BCUT2D eigenvalue weighted by atomic mass is 16.6. The second-order valence-corrected chi connectivity index (χ2v) is 8.34. The molecule has 0 unspecified atom stereocenters. The fourth-order valence-electron chi connectivity index (χ4n) is 2.75. The summed E-state index contributed by atoms with van der Waals surface area (Å²) in [7, 11) is 0. The number of phenolic OH excluding ortho intramolecular Hbond substituents is 1. The molecule has 0 aliphatic heterocycles. The Hall–Kier alpha value is -2.25. The molecule has 0 atom stereocenters. The number of phenols is 1. The van der Waals surface area contributed by atoms with Crippen molar-refractivity contribution in [3.05, 3.63) is 29.3 Å². The van der Waals surface area contributed by atoms with Gasteiger partial charge in [0.25, 0.3) is 0 Å². The van der Waals surface area contributed by atoms with Gasteiger partial charge in [-0.3, -0.25) is 14.5 Å². The summed E-state index contributed by atoms with van der Waals surface area (Å²) in [5.41, 5.74) is 1.06. The van der Waals surface area contributed by atoms with E-state index in [1.807, 2.05) is 31.7 Å². The Bertz CT molecular complexity index is 710. The van der Waals surface area contributed by atoms with E-state index in [4.69, 9.17) is 4.74 Å². The minimum absolute atomic E-state index is 0.0412. The molecule has 7 heteroatoms. The average Bonchev–Trinajstić information content (AvgIpc) is 2.57. The molecule has 162 valence electrons. The van der Waals surface area contributed by atoms with E-state index in [1.54, 1.807) is 19.1 Å². The van der Waals surface area contributed by atoms with Gasteiger partial charge in [0.05, 0.1) is 13.1 Å². The van der Waals surface area contributed by atoms with Crippen LogP contribution in [-0.4, -0.2) is 59.3 Å². The molecule has 0 amide bonds. The number of carbonyl (C=O) groups is 3. The van der Waals surface area contributed by atoms with Crippen molar-refractivity contribution < 1.29 is 24.2 Å². The van der Waals surface area contributed by atoms with E-state index in [9.17, 15) is 19.5 Å². The molecule has 0 radical (unpaired) electrons. The van der Waals surface area contributed by atoms with E-state index < -0.39 is 5.60 Å². The SMILES string of the molecule is CC(=O)CCc1ccc(O)c(CN(CCNCC(C)=O)CC(=O)OC(C)(C)C)c1. The first kappa shape index (κ1) is 24.8. The Morgan fingerprint density at radius 3 is 2.41 bits per heavy atom. The number of aromatic hydroxyl groups is 1. The summed E-state index contributed by atoms with van der Waals surface area (Å²) in [6.07, 6.45) is 1.05. The maximum atomic E-state index is 12.3. The minimum Gasteiger partial charge on any atom is -0.508 e. The fraction of sp³-hybridized carbons (Fsp3) is 0.591. The third-order valence-corrected chi connectivity index (χ3v) is 4.06. The van der Waals surface area contributed by atoms with Gasteiger partial charge in [0.15, 0.2) is 0 Å². The molecule has 2 N–H and O–H groups in total. The highest BCUT2D eigenvalue weighted by Gasteiger charge is 2.20. The topological polar surface area (TPSA) is 95.9 Å². The lowest BCUT2D eigenvalue weighted by Gasteiger charge is -2.25. The molecule has 1 aromatic rings. The average molecular weight is 407 g/mol. The molecule has 0 bridgehead atoms. The van der Waals surface area contributed by atoms with Crippen LogP contribution in [-0.2, 0) is 32.1 Å². The summed E-state index contributed by atoms with van der Waals surface area (Å²) in [6, 6.07) is 5.28. The number of nitrogens with one attached hydrogen (secondary N) is 1. The Morgan fingerprint density at radius 2 is 1.83 bits per heavy atom. The molecule has 1 rings (SSSR count). The fourth-order valence-corrected chi connectivity index (χ4v) is 2.75. The molecule has 7 nitrogen and oxygen atoms in total. The number of aryl methyl sites for hydroxylation is 1. The van der Waals surface area contributed by atoms with Gasteiger partial charge in [-0.2, -0.15) is 0 Å². The number of carbonyl (C=O) groups excluding carboxylic acids is 3. The lowest BCUT2D eigenvalue weighted by molar-refractivity contribution is -0.156. The van der Waals surface area contributed by atoms with E-state index in [1.165, 1.54) is 6.92 Å². The zero-order valence-electron chi connectivity index (χ0n) is 18.2.